The molecule has 0 amide bonds. The summed E-state index contributed by atoms with van der Waals surface area (Å²) in [4.78, 5) is 19.2. The highest BCUT2D eigenvalue weighted by molar-refractivity contribution is 6.78. The smallest absolute Gasteiger partial charge is 0.390 e. The number of nitrogens with two attached hydrogens (primary N) is 2. The van der Waals surface area contributed by atoms with Crippen LogP contribution >= 0.6 is 0 Å². The van der Waals surface area contributed by atoms with Crippen molar-refractivity contribution in [1.82, 2.24) is 0 Å². The molecule has 6 N–H and O–H groups in total. The van der Waals surface area contributed by atoms with Crippen LogP contribution in [-0.4, -0.2) is 43.1 Å². The fraction of sp³-hybridized carbons (Fsp3) is 1.00. The summed E-state index contributed by atoms with van der Waals surface area (Å²) in [5.41, 5.74) is 0. The Morgan fingerprint density at radius 2 is 1.31 bits per heavy atom. The second-order valence-corrected chi connectivity index (χ2v) is 11.1. The summed E-state index contributed by atoms with van der Waals surface area (Å²) in [5.74, 6) is 9.85. The summed E-state index contributed by atoms with van der Waals surface area (Å²) in [7, 11) is -9.18. The SMILES string of the molecule is CO[Si](C)(O)O[Si](C)(ON)O[Si](C)(O)ON. The molecule has 3 atom stereocenters. The van der Waals surface area contributed by atoms with Gasteiger partial charge in [-0.25, -0.2) is 11.8 Å². The minimum absolute atomic E-state index is 1.25. The van der Waals surface area contributed by atoms with Crippen LogP contribution in [0.5, 0.6) is 0 Å². The molecule has 16 heavy (non-hydrogen) atoms. The predicted octanol–water partition coefficient (Wildman–Crippen LogP) is -1.86. The molecule has 0 saturated heterocycles. The molecule has 9 nitrogen and oxygen atoms in total. The average molecular weight is 290 g/mol. The Labute approximate surface area is 96.8 Å². The first-order chi connectivity index (χ1) is 7.10. The van der Waals surface area contributed by atoms with Crippen molar-refractivity contribution < 1.29 is 31.3 Å². The van der Waals surface area contributed by atoms with Gasteiger partial charge in [0.05, 0.1) is 0 Å². The first-order valence-electron chi connectivity index (χ1n) is 4.26. The van der Waals surface area contributed by atoms with E-state index in [4.69, 9.17) is 24.5 Å². The predicted molar refractivity (Wildman–Crippen MR) is 59.0 cm³/mol. The van der Waals surface area contributed by atoms with Gasteiger partial charge in [0.25, 0.3) is 0 Å². The van der Waals surface area contributed by atoms with Crippen molar-refractivity contribution in [2.24, 2.45) is 11.8 Å². The quantitative estimate of drug-likeness (QED) is 0.314. The average Bonchev–Trinajstić information content (AvgIpc) is 2.16. The van der Waals surface area contributed by atoms with Gasteiger partial charge in [-0.3, -0.25) is 9.05 Å². The van der Waals surface area contributed by atoms with E-state index in [1.165, 1.54) is 26.8 Å². The molecule has 0 bridgehead atoms. The molecule has 0 aliphatic carbocycles. The number of rotatable bonds is 7. The van der Waals surface area contributed by atoms with E-state index in [9.17, 15) is 9.59 Å². The van der Waals surface area contributed by atoms with Gasteiger partial charge in [0.1, 0.15) is 0 Å². The molecule has 0 aromatic rings. The minimum atomic E-state index is -3.58. The number of hydrogen-bond donors (Lipinski definition) is 4. The largest absolute Gasteiger partial charge is 0.504 e. The Kier molecular flexibility index (Phi) is 5.86. The molecule has 12 heteroatoms. The first kappa shape index (κ1) is 16.3. The molecule has 0 aliphatic rings. The Bertz CT molecular complexity index is 210. The van der Waals surface area contributed by atoms with Crippen LogP contribution in [0.15, 0.2) is 0 Å². The normalized spacial score (nSPS) is 23.2. The number of hydrogen-bond acceptors (Lipinski definition) is 9. The van der Waals surface area contributed by atoms with Crippen molar-refractivity contribution in [1.29, 1.82) is 0 Å². The zero-order chi connectivity index (χ0) is 13.0. The lowest BCUT2D eigenvalue weighted by atomic mass is 11.8. The summed E-state index contributed by atoms with van der Waals surface area (Å²) >= 11 is 0. The van der Waals surface area contributed by atoms with Crippen LogP contribution in [0.3, 0.4) is 0 Å². The van der Waals surface area contributed by atoms with Crippen LogP contribution < -0.4 is 11.8 Å². The van der Waals surface area contributed by atoms with Crippen molar-refractivity contribution in [3.05, 3.63) is 0 Å². The van der Waals surface area contributed by atoms with Gasteiger partial charge in [0.15, 0.2) is 0 Å². The van der Waals surface area contributed by atoms with E-state index < -0.39 is 26.4 Å². The lowest BCUT2D eigenvalue weighted by Crippen LogP contribution is -2.61. The van der Waals surface area contributed by atoms with Gasteiger partial charge in [-0.1, -0.05) is 0 Å². The third kappa shape index (κ3) is 5.57. The minimum Gasteiger partial charge on any atom is -0.390 e. The summed E-state index contributed by atoms with van der Waals surface area (Å²) in [6, 6.07) is 0. The van der Waals surface area contributed by atoms with Crippen LogP contribution in [0, 0.1) is 0 Å². The molecule has 0 radical (unpaired) electrons. The molecular formula is C4H18N2O7Si3. The highest BCUT2D eigenvalue weighted by Gasteiger charge is 2.51. The van der Waals surface area contributed by atoms with Crippen molar-refractivity contribution in [2.45, 2.75) is 19.6 Å². The second kappa shape index (κ2) is 5.76. The lowest BCUT2D eigenvalue weighted by Gasteiger charge is -2.32. The molecule has 0 aromatic carbocycles. The lowest BCUT2D eigenvalue weighted by molar-refractivity contribution is 0.0760. The maximum absolute atomic E-state index is 9.63. The van der Waals surface area contributed by atoms with E-state index in [1.54, 1.807) is 0 Å². The maximum atomic E-state index is 9.63. The van der Waals surface area contributed by atoms with E-state index >= 15 is 0 Å². The highest BCUT2D eigenvalue weighted by atomic mass is 28.5. The first-order valence-corrected chi connectivity index (χ1v) is 11.0. The summed E-state index contributed by atoms with van der Waals surface area (Å²) < 4.78 is 23.8. The fourth-order valence-electron chi connectivity index (χ4n) is 0.823. The van der Waals surface area contributed by atoms with Gasteiger partial charge in [-0.05, 0) is 0 Å². The van der Waals surface area contributed by atoms with Gasteiger partial charge in [-0.2, -0.15) is 0 Å². The van der Waals surface area contributed by atoms with Crippen molar-refractivity contribution in [3.63, 3.8) is 0 Å². The standard InChI is InChI=1S/C4H18N2O7Si3/c1-9-14(2,7)12-16(4,11-6)13-15(3,8)10-5/h7-8H,5-6H2,1-4H3. The van der Waals surface area contributed by atoms with Gasteiger partial charge in [-0.15, -0.1) is 0 Å². The topological polar surface area (TPSA) is 139 Å². The fourth-order valence-corrected chi connectivity index (χ4v) is 7.78. The summed E-state index contributed by atoms with van der Waals surface area (Å²) in [6.07, 6.45) is 0. The summed E-state index contributed by atoms with van der Waals surface area (Å²) in [5, 5.41) is 0. The molecule has 98 valence electrons. The van der Waals surface area contributed by atoms with Crippen LogP contribution in [0.4, 0.5) is 0 Å². The van der Waals surface area contributed by atoms with E-state index in [2.05, 4.69) is 9.05 Å². The van der Waals surface area contributed by atoms with E-state index in [1.807, 2.05) is 0 Å². The molecule has 0 aromatic heterocycles. The Morgan fingerprint density at radius 3 is 1.62 bits per heavy atom. The van der Waals surface area contributed by atoms with Crippen molar-refractivity contribution in [2.75, 3.05) is 7.11 Å². The van der Waals surface area contributed by atoms with Crippen LogP contribution in [0.25, 0.3) is 0 Å². The van der Waals surface area contributed by atoms with Crippen LogP contribution in [0.2, 0.25) is 19.6 Å². The van der Waals surface area contributed by atoms with Gasteiger partial charge in [0, 0.05) is 26.8 Å². The van der Waals surface area contributed by atoms with E-state index in [0.29, 0.717) is 0 Å². The van der Waals surface area contributed by atoms with Crippen molar-refractivity contribution in [3.8, 4) is 0 Å². The third-order valence-corrected chi connectivity index (χ3v) is 9.18. The molecule has 0 fully saturated rings. The Hall–Kier alpha value is 0.291. The zero-order valence-corrected chi connectivity index (χ0v) is 12.6. The Balaban J connectivity index is 4.67. The molecule has 0 saturated carbocycles. The van der Waals surface area contributed by atoms with Gasteiger partial charge >= 0.3 is 26.4 Å². The third-order valence-electron chi connectivity index (χ3n) is 1.56. The van der Waals surface area contributed by atoms with Gasteiger partial charge in [0.2, 0.25) is 0 Å². The second-order valence-electron chi connectivity index (χ2n) is 3.30. The molecule has 3 unspecified atom stereocenters. The van der Waals surface area contributed by atoms with E-state index in [-0.39, 0.29) is 0 Å². The maximum Gasteiger partial charge on any atom is 0.504 e. The molecule has 0 heterocycles. The van der Waals surface area contributed by atoms with Gasteiger partial charge < -0.3 is 22.2 Å². The van der Waals surface area contributed by atoms with Crippen LogP contribution in [0.1, 0.15) is 0 Å². The monoisotopic (exact) mass is 290 g/mol. The highest BCUT2D eigenvalue weighted by Crippen LogP contribution is 2.18. The Morgan fingerprint density at radius 1 is 0.875 bits per heavy atom. The zero-order valence-electron chi connectivity index (χ0n) is 9.59. The van der Waals surface area contributed by atoms with Crippen molar-refractivity contribution >= 4 is 26.4 Å². The van der Waals surface area contributed by atoms with E-state index in [0.717, 1.165) is 0 Å². The van der Waals surface area contributed by atoms with Crippen LogP contribution in [-0.2, 0) is 21.7 Å². The summed E-state index contributed by atoms with van der Waals surface area (Å²) in [6.45, 7) is 3.97. The molecule has 0 aliphatic heterocycles. The molecule has 0 rings (SSSR count). The molecule has 0 spiro atoms. The molecular weight excluding hydrogens is 272 g/mol.